The van der Waals surface area contributed by atoms with E-state index in [2.05, 4.69) is 15.9 Å². The fraction of sp³-hybridized carbons (Fsp3) is 0.474. The maximum absolute atomic E-state index is 13.8. The van der Waals surface area contributed by atoms with Crippen molar-refractivity contribution in [3.8, 4) is 0 Å². The summed E-state index contributed by atoms with van der Waals surface area (Å²) in [6, 6.07) is 4.13. The van der Waals surface area contributed by atoms with Crippen LogP contribution in [0.5, 0.6) is 0 Å². The molecule has 0 aliphatic carbocycles. The minimum atomic E-state index is -0.439. The zero-order valence-electron chi connectivity index (χ0n) is 14.5. The minimum Gasteiger partial charge on any atom is -0.378 e. The fourth-order valence-electron chi connectivity index (χ4n) is 3.35. The van der Waals surface area contributed by atoms with Crippen molar-refractivity contribution in [3.05, 3.63) is 40.1 Å². The quantitative estimate of drug-likeness (QED) is 0.700. The average Bonchev–Trinajstić information content (AvgIpc) is 2.68. The Bertz CT molecular complexity index is 704. The smallest absolute Gasteiger partial charge is 0.247 e. The second kappa shape index (κ2) is 8.77. The number of halogens is 2. The normalized spacial score (nSPS) is 21.2. The van der Waals surface area contributed by atoms with Crippen LogP contribution in [0.1, 0.15) is 24.8 Å². The number of carbonyl (C=O) groups is 2. The predicted octanol–water partition coefficient (Wildman–Crippen LogP) is 2.84. The van der Waals surface area contributed by atoms with Gasteiger partial charge in [-0.3, -0.25) is 9.59 Å². The first kappa shape index (κ1) is 19.0. The molecular weight excluding hydrogens is 403 g/mol. The van der Waals surface area contributed by atoms with Crippen molar-refractivity contribution < 1.29 is 18.7 Å². The summed E-state index contributed by atoms with van der Waals surface area (Å²) in [7, 11) is 0. The predicted molar refractivity (Wildman–Crippen MR) is 99.9 cm³/mol. The van der Waals surface area contributed by atoms with Gasteiger partial charge in [-0.15, -0.1) is 0 Å². The number of nitrogens with zero attached hydrogens (tertiary/aromatic N) is 2. The first-order valence-corrected chi connectivity index (χ1v) is 9.66. The lowest BCUT2D eigenvalue weighted by Crippen LogP contribution is -2.54. The number of carbonyl (C=O) groups excluding carboxylic acids is 2. The third kappa shape index (κ3) is 4.51. The summed E-state index contributed by atoms with van der Waals surface area (Å²) in [5, 5.41) is 0. The van der Waals surface area contributed by atoms with Crippen molar-refractivity contribution in [3.63, 3.8) is 0 Å². The minimum absolute atomic E-state index is 0.0108. The molecule has 7 heteroatoms. The molecule has 3 rings (SSSR count). The first-order valence-electron chi connectivity index (χ1n) is 8.86. The molecule has 2 aliphatic heterocycles. The molecule has 140 valence electrons. The molecule has 2 saturated heterocycles. The van der Waals surface area contributed by atoms with Crippen LogP contribution in [-0.4, -0.2) is 60.5 Å². The van der Waals surface area contributed by atoms with Crippen LogP contribution in [0.4, 0.5) is 4.39 Å². The summed E-state index contributed by atoms with van der Waals surface area (Å²) in [4.78, 5) is 28.9. The van der Waals surface area contributed by atoms with Crippen LogP contribution in [0.15, 0.2) is 28.7 Å². The summed E-state index contributed by atoms with van der Waals surface area (Å²) in [6.45, 7) is 2.75. The molecule has 2 heterocycles. The van der Waals surface area contributed by atoms with Crippen molar-refractivity contribution in [2.24, 2.45) is 0 Å². The Kier molecular flexibility index (Phi) is 6.43. The van der Waals surface area contributed by atoms with Crippen LogP contribution >= 0.6 is 15.9 Å². The standard InChI is InChI=1S/C19H22BrFN2O3/c20-15-5-6-16(21)14(13-15)4-7-18(24)23-8-2-1-3-17(23)19(25)22-9-11-26-12-10-22/h4-7,13,17H,1-3,8-12H2. The van der Waals surface area contributed by atoms with Gasteiger partial charge in [-0.05, 0) is 43.5 Å². The van der Waals surface area contributed by atoms with Gasteiger partial charge in [-0.1, -0.05) is 15.9 Å². The van der Waals surface area contributed by atoms with Crippen LogP contribution < -0.4 is 0 Å². The van der Waals surface area contributed by atoms with Gasteiger partial charge in [0.25, 0.3) is 0 Å². The molecule has 0 bridgehead atoms. The molecular formula is C19H22BrFN2O3. The number of likely N-dealkylation sites (tertiary alicyclic amines) is 1. The van der Waals surface area contributed by atoms with Crippen LogP contribution in [0.2, 0.25) is 0 Å². The lowest BCUT2D eigenvalue weighted by Gasteiger charge is -2.38. The summed E-state index contributed by atoms with van der Waals surface area (Å²) >= 11 is 3.30. The SMILES string of the molecule is O=C(C1CCCCN1C(=O)C=Cc1cc(Br)ccc1F)N1CCOCC1. The fourth-order valence-corrected chi connectivity index (χ4v) is 3.72. The van der Waals surface area contributed by atoms with Crippen molar-refractivity contribution in [1.29, 1.82) is 0 Å². The van der Waals surface area contributed by atoms with Gasteiger partial charge in [-0.25, -0.2) is 4.39 Å². The molecule has 2 fully saturated rings. The van der Waals surface area contributed by atoms with Gasteiger partial charge >= 0.3 is 0 Å². The number of benzene rings is 1. The Balaban J connectivity index is 1.72. The zero-order valence-corrected chi connectivity index (χ0v) is 16.1. The number of amides is 2. The van der Waals surface area contributed by atoms with E-state index in [-0.39, 0.29) is 11.8 Å². The molecule has 0 aromatic heterocycles. The summed E-state index contributed by atoms with van der Waals surface area (Å²) < 4.78 is 19.9. The summed E-state index contributed by atoms with van der Waals surface area (Å²) in [5.41, 5.74) is 0.334. The van der Waals surface area contributed by atoms with Crippen LogP contribution in [0, 0.1) is 5.82 Å². The van der Waals surface area contributed by atoms with Crippen molar-refractivity contribution in [1.82, 2.24) is 9.80 Å². The van der Waals surface area contributed by atoms with Gasteiger partial charge in [0, 0.05) is 35.7 Å². The van der Waals surface area contributed by atoms with E-state index in [0.717, 1.165) is 17.3 Å². The second-order valence-electron chi connectivity index (χ2n) is 6.48. The third-order valence-electron chi connectivity index (χ3n) is 4.76. The molecule has 2 aliphatic rings. The zero-order chi connectivity index (χ0) is 18.5. The van der Waals surface area contributed by atoms with Crippen molar-refractivity contribution in [2.75, 3.05) is 32.8 Å². The lowest BCUT2D eigenvalue weighted by atomic mass is 10.00. The van der Waals surface area contributed by atoms with E-state index in [0.29, 0.717) is 44.8 Å². The van der Waals surface area contributed by atoms with Crippen LogP contribution in [0.3, 0.4) is 0 Å². The van der Waals surface area contributed by atoms with E-state index in [4.69, 9.17) is 4.74 Å². The molecule has 5 nitrogen and oxygen atoms in total. The van der Waals surface area contributed by atoms with Gasteiger partial charge in [-0.2, -0.15) is 0 Å². The van der Waals surface area contributed by atoms with Crippen molar-refractivity contribution in [2.45, 2.75) is 25.3 Å². The number of morpholine rings is 1. The maximum atomic E-state index is 13.8. The van der Waals surface area contributed by atoms with Gasteiger partial charge in [0.05, 0.1) is 13.2 Å². The number of ether oxygens (including phenoxy) is 1. The molecule has 1 unspecified atom stereocenters. The maximum Gasteiger partial charge on any atom is 0.247 e. The van der Waals surface area contributed by atoms with Gasteiger partial charge in [0.15, 0.2) is 0 Å². The molecule has 0 N–H and O–H groups in total. The number of hydrogen-bond acceptors (Lipinski definition) is 3. The molecule has 0 saturated carbocycles. The first-order chi connectivity index (χ1) is 12.6. The average molecular weight is 425 g/mol. The van der Waals surface area contributed by atoms with Gasteiger partial charge < -0.3 is 14.5 Å². The van der Waals surface area contributed by atoms with E-state index in [1.807, 2.05) is 0 Å². The summed E-state index contributed by atoms with van der Waals surface area (Å²) in [6.07, 6.45) is 5.29. The Labute approximate surface area is 160 Å². The van der Waals surface area contributed by atoms with Crippen LogP contribution in [-0.2, 0) is 14.3 Å². The Morgan fingerprint density at radius 1 is 1.19 bits per heavy atom. The molecule has 2 amide bonds. The van der Waals surface area contributed by atoms with E-state index in [1.54, 1.807) is 21.9 Å². The highest BCUT2D eigenvalue weighted by Crippen LogP contribution is 2.21. The number of rotatable bonds is 3. The Hall–Kier alpha value is -1.73. The highest BCUT2D eigenvalue weighted by atomic mass is 79.9. The summed E-state index contributed by atoms with van der Waals surface area (Å²) in [5.74, 6) is -0.657. The topological polar surface area (TPSA) is 49.9 Å². The highest BCUT2D eigenvalue weighted by molar-refractivity contribution is 9.10. The van der Waals surface area contributed by atoms with E-state index in [9.17, 15) is 14.0 Å². The molecule has 0 radical (unpaired) electrons. The second-order valence-corrected chi connectivity index (χ2v) is 7.40. The Morgan fingerprint density at radius 3 is 2.73 bits per heavy atom. The monoisotopic (exact) mass is 424 g/mol. The number of piperidine rings is 1. The lowest BCUT2D eigenvalue weighted by molar-refractivity contribution is -0.148. The molecule has 1 aromatic rings. The van der Waals surface area contributed by atoms with E-state index in [1.165, 1.54) is 18.2 Å². The van der Waals surface area contributed by atoms with Gasteiger partial charge in [0.1, 0.15) is 11.9 Å². The highest BCUT2D eigenvalue weighted by Gasteiger charge is 2.34. The van der Waals surface area contributed by atoms with Gasteiger partial charge in [0.2, 0.25) is 11.8 Å². The van der Waals surface area contributed by atoms with Crippen molar-refractivity contribution >= 4 is 33.8 Å². The third-order valence-corrected chi connectivity index (χ3v) is 5.25. The Morgan fingerprint density at radius 2 is 1.96 bits per heavy atom. The van der Waals surface area contributed by atoms with E-state index < -0.39 is 11.9 Å². The molecule has 26 heavy (non-hydrogen) atoms. The van der Waals surface area contributed by atoms with E-state index >= 15 is 0 Å². The molecule has 0 spiro atoms. The molecule has 1 aromatic carbocycles. The molecule has 1 atom stereocenters. The number of hydrogen-bond donors (Lipinski definition) is 0. The van der Waals surface area contributed by atoms with Crippen LogP contribution in [0.25, 0.3) is 6.08 Å². The largest absolute Gasteiger partial charge is 0.378 e.